The molecule has 1 aromatic carbocycles. The normalized spacial score (nSPS) is 20.9. The number of nitrogens with zero attached hydrogens (tertiary/aromatic N) is 3. The van der Waals surface area contributed by atoms with Gasteiger partial charge in [0.1, 0.15) is 11.8 Å². The number of aromatic nitrogens is 2. The number of amides is 1. The second-order valence-corrected chi connectivity index (χ2v) is 9.39. The van der Waals surface area contributed by atoms with Gasteiger partial charge in [-0.2, -0.15) is 5.10 Å². The fraction of sp³-hybridized carbons (Fsp3) is 0.583. The van der Waals surface area contributed by atoms with Crippen molar-refractivity contribution in [3.63, 3.8) is 0 Å². The van der Waals surface area contributed by atoms with Crippen LogP contribution in [0, 0.1) is 0 Å². The average molecular weight is 412 g/mol. The number of carbonyl (C=O) groups is 1. The van der Waals surface area contributed by atoms with Gasteiger partial charge < -0.3 is 14.4 Å². The highest BCUT2D eigenvalue weighted by atomic mass is 16.6. The van der Waals surface area contributed by atoms with Crippen LogP contribution in [0.2, 0.25) is 0 Å². The highest BCUT2D eigenvalue weighted by molar-refractivity contribution is 5.68. The number of hydrogen-bond acceptors (Lipinski definition) is 4. The van der Waals surface area contributed by atoms with Crippen molar-refractivity contribution in [2.75, 3.05) is 19.7 Å². The van der Waals surface area contributed by atoms with Crippen LogP contribution in [0.15, 0.2) is 36.7 Å². The summed E-state index contributed by atoms with van der Waals surface area (Å²) in [5.74, 6) is 0.482. The van der Waals surface area contributed by atoms with Crippen molar-refractivity contribution in [2.24, 2.45) is 0 Å². The molecular formula is C24H33N3O3. The van der Waals surface area contributed by atoms with Gasteiger partial charge in [0.15, 0.2) is 0 Å². The summed E-state index contributed by atoms with van der Waals surface area (Å²) in [5.41, 5.74) is 3.19. The van der Waals surface area contributed by atoms with Crippen LogP contribution in [0.3, 0.4) is 0 Å². The molecule has 162 valence electrons. The number of benzene rings is 1. The number of carbonyl (C=O) groups excluding carboxylic acids is 1. The molecule has 2 saturated heterocycles. The van der Waals surface area contributed by atoms with Crippen molar-refractivity contribution in [1.29, 1.82) is 0 Å². The quantitative estimate of drug-likeness (QED) is 0.682. The highest BCUT2D eigenvalue weighted by Gasteiger charge is 2.27. The van der Waals surface area contributed by atoms with E-state index < -0.39 is 5.60 Å². The molecule has 3 heterocycles. The Morgan fingerprint density at radius 2 is 1.80 bits per heavy atom. The molecule has 2 aliphatic rings. The summed E-state index contributed by atoms with van der Waals surface area (Å²) in [5, 5.41) is 4.52. The highest BCUT2D eigenvalue weighted by Crippen LogP contribution is 2.31. The molecule has 2 aromatic rings. The number of piperidine rings is 1. The predicted molar refractivity (Wildman–Crippen MR) is 116 cm³/mol. The zero-order chi connectivity index (χ0) is 21.1. The summed E-state index contributed by atoms with van der Waals surface area (Å²) < 4.78 is 13.3. The summed E-state index contributed by atoms with van der Waals surface area (Å²) in [4.78, 5) is 14.1. The van der Waals surface area contributed by atoms with Crippen molar-refractivity contribution in [3.8, 4) is 11.1 Å². The van der Waals surface area contributed by atoms with Crippen LogP contribution >= 0.6 is 0 Å². The van der Waals surface area contributed by atoms with Gasteiger partial charge in [-0.15, -0.1) is 0 Å². The molecule has 0 N–H and O–H groups in total. The van der Waals surface area contributed by atoms with Crippen molar-refractivity contribution in [3.05, 3.63) is 42.2 Å². The lowest BCUT2D eigenvalue weighted by molar-refractivity contribution is -0.0394. The third kappa shape index (κ3) is 5.04. The number of rotatable bonds is 3. The maximum atomic E-state index is 12.3. The van der Waals surface area contributed by atoms with Gasteiger partial charge in [-0.3, -0.25) is 0 Å². The average Bonchev–Trinajstić information content (AvgIpc) is 3.24. The van der Waals surface area contributed by atoms with E-state index in [1.54, 1.807) is 0 Å². The monoisotopic (exact) mass is 411 g/mol. The van der Waals surface area contributed by atoms with E-state index in [0.717, 1.165) is 50.9 Å². The molecule has 30 heavy (non-hydrogen) atoms. The minimum Gasteiger partial charge on any atom is -0.444 e. The van der Waals surface area contributed by atoms with Crippen LogP contribution in [0.1, 0.15) is 70.6 Å². The van der Waals surface area contributed by atoms with Crippen LogP contribution in [0.4, 0.5) is 4.79 Å². The first kappa shape index (κ1) is 20.9. The topological polar surface area (TPSA) is 56.6 Å². The van der Waals surface area contributed by atoms with Gasteiger partial charge in [0.2, 0.25) is 0 Å². The summed E-state index contributed by atoms with van der Waals surface area (Å²) >= 11 is 0. The number of ether oxygens (including phenoxy) is 2. The Kier molecular flexibility index (Phi) is 6.14. The molecule has 6 nitrogen and oxygen atoms in total. The van der Waals surface area contributed by atoms with Gasteiger partial charge in [-0.25, -0.2) is 9.48 Å². The summed E-state index contributed by atoms with van der Waals surface area (Å²) in [7, 11) is 0. The third-order valence-corrected chi connectivity index (χ3v) is 5.91. The zero-order valence-corrected chi connectivity index (χ0v) is 18.3. The van der Waals surface area contributed by atoms with Gasteiger partial charge in [-0.05, 0) is 69.9 Å². The molecule has 1 amide bonds. The van der Waals surface area contributed by atoms with E-state index in [9.17, 15) is 4.79 Å². The number of hydrogen-bond donors (Lipinski definition) is 0. The Hall–Kier alpha value is -2.34. The van der Waals surface area contributed by atoms with E-state index in [1.807, 2.05) is 36.5 Å². The van der Waals surface area contributed by atoms with Gasteiger partial charge in [0.05, 0.1) is 6.20 Å². The maximum Gasteiger partial charge on any atom is 0.410 e. The van der Waals surface area contributed by atoms with E-state index in [4.69, 9.17) is 9.47 Å². The lowest BCUT2D eigenvalue weighted by atomic mass is 9.89. The number of likely N-dealkylation sites (tertiary alicyclic amines) is 1. The zero-order valence-electron chi connectivity index (χ0n) is 18.3. The molecule has 4 rings (SSSR count). The van der Waals surface area contributed by atoms with Crippen molar-refractivity contribution in [1.82, 2.24) is 14.7 Å². The van der Waals surface area contributed by atoms with Crippen LogP contribution in [-0.2, 0) is 9.47 Å². The minimum absolute atomic E-state index is 0.0712. The molecule has 0 bridgehead atoms. The third-order valence-electron chi connectivity index (χ3n) is 5.91. The molecular weight excluding hydrogens is 378 g/mol. The molecule has 1 atom stereocenters. The largest absolute Gasteiger partial charge is 0.444 e. The first-order valence-electron chi connectivity index (χ1n) is 11.1. The van der Waals surface area contributed by atoms with Crippen molar-refractivity contribution >= 4 is 6.09 Å². The van der Waals surface area contributed by atoms with E-state index >= 15 is 0 Å². The van der Waals surface area contributed by atoms with Crippen LogP contribution in [-0.4, -0.2) is 46.1 Å². The molecule has 0 saturated carbocycles. The van der Waals surface area contributed by atoms with Crippen molar-refractivity contribution < 1.29 is 14.3 Å². The molecule has 6 heteroatoms. The molecule has 1 aromatic heterocycles. The summed E-state index contributed by atoms with van der Waals surface area (Å²) in [6.07, 6.45) is 9.19. The molecule has 1 unspecified atom stereocenters. The molecule has 0 aliphatic carbocycles. The molecule has 0 radical (unpaired) electrons. The maximum absolute atomic E-state index is 12.3. The second kappa shape index (κ2) is 8.80. The standard InChI is InChI=1S/C24H33N3O3/c1-24(2,3)30-23(28)26-13-11-20(12-14-26)18-7-9-19(10-8-18)21-16-25-27(17-21)22-6-4-5-15-29-22/h7-10,16-17,20,22H,4-6,11-15H2,1-3H3. The first-order valence-corrected chi connectivity index (χ1v) is 11.1. The minimum atomic E-state index is -0.444. The second-order valence-electron chi connectivity index (χ2n) is 9.39. The Balaban J connectivity index is 1.34. The van der Waals surface area contributed by atoms with E-state index in [2.05, 4.69) is 35.6 Å². The molecule has 2 fully saturated rings. The molecule has 2 aliphatic heterocycles. The fourth-order valence-electron chi connectivity index (χ4n) is 4.25. The van der Waals surface area contributed by atoms with Crippen LogP contribution in [0.5, 0.6) is 0 Å². The Bertz CT molecular complexity index is 839. The van der Waals surface area contributed by atoms with Crippen molar-refractivity contribution in [2.45, 2.75) is 70.6 Å². The summed E-state index contributed by atoms with van der Waals surface area (Å²) in [6.45, 7) is 8.04. The van der Waals surface area contributed by atoms with E-state index in [-0.39, 0.29) is 12.3 Å². The lowest BCUT2D eigenvalue weighted by Crippen LogP contribution is -2.41. The Morgan fingerprint density at radius 3 is 2.43 bits per heavy atom. The predicted octanol–water partition coefficient (Wildman–Crippen LogP) is 5.36. The fourth-order valence-corrected chi connectivity index (χ4v) is 4.25. The molecule has 0 spiro atoms. The van der Waals surface area contributed by atoms with E-state index in [1.165, 1.54) is 17.5 Å². The van der Waals surface area contributed by atoms with Crippen LogP contribution in [0.25, 0.3) is 11.1 Å². The van der Waals surface area contributed by atoms with Gasteiger partial charge in [-0.1, -0.05) is 24.3 Å². The van der Waals surface area contributed by atoms with Gasteiger partial charge in [0, 0.05) is 31.5 Å². The SMILES string of the molecule is CC(C)(C)OC(=O)N1CCC(c2ccc(-c3cnn(C4CCCCO4)c3)cc2)CC1. The smallest absolute Gasteiger partial charge is 0.410 e. The summed E-state index contributed by atoms with van der Waals surface area (Å²) in [6, 6.07) is 8.80. The Labute approximate surface area is 179 Å². The van der Waals surface area contributed by atoms with Gasteiger partial charge >= 0.3 is 6.09 Å². The Morgan fingerprint density at radius 1 is 1.07 bits per heavy atom. The first-order chi connectivity index (χ1) is 14.4. The van der Waals surface area contributed by atoms with Crippen LogP contribution < -0.4 is 0 Å². The lowest BCUT2D eigenvalue weighted by Gasteiger charge is -2.33. The van der Waals surface area contributed by atoms with E-state index in [0.29, 0.717) is 5.92 Å². The van der Waals surface area contributed by atoms with Gasteiger partial charge in [0.25, 0.3) is 0 Å².